The number of hydrogen-bond donors (Lipinski definition) is 2. The Labute approximate surface area is 196 Å². The van der Waals surface area contributed by atoms with Gasteiger partial charge in [-0.2, -0.15) is 5.26 Å². The van der Waals surface area contributed by atoms with Gasteiger partial charge in [0.1, 0.15) is 23.1 Å². The number of carbonyl (C=O) groups excluding carboxylic acids is 2. The molecule has 0 aromatic heterocycles. The van der Waals surface area contributed by atoms with E-state index in [1.54, 1.807) is 73.8 Å². The molecule has 7 nitrogen and oxygen atoms in total. The van der Waals surface area contributed by atoms with Crippen molar-refractivity contribution in [3.63, 3.8) is 0 Å². The van der Waals surface area contributed by atoms with Crippen LogP contribution in [0.25, 0.3) is 6.08 Å². The van der Waals surface area contributed by atoms with Gasteiger partial charge in [-0.15, -0.1) is 0 Å². The third-order valence-corrected chi connectivity index (χ3v) is 4.69. The first kappa shape index (κ1) is 23.4. The maximum Gasteiger partial charge on any atom is 0.266 e. The van der Waals surface area contributed by atoms with E-state index in [-0.39, 0.29) is 23.1 Å². The van der Waals surface area contributed by atoms with Gasteiger partial charge < -0.3 is 20.1 Å². The summed E-state index contributed by atoms with van der Waals surface area (Å²) in [5.74, 6) is 0.0909. The summed E-state index contributed by atoms with van der Waals surface area (Å²) in [6.45, 7) is -0.246. The van der Waals surface area contributed by atoms with Crippen molar-refractivity contribution in [2.75, 3.05) is 24.4 Å². The van der Waals surface area contributed by atoms with Gasteiger partial charge in [0.25, 0.3) is 11.8 Å². The lowest BCUT2D eigenvalue weighted by Crippen LogP contribution is -2.20. The van der Waals surface area contributed by atoms with Crippen LogP contribution in [-0.4, -0.2) is 25.5 Å². The highest BCUT2D eigenvalue weighted by atomic mass is 35.5. The first-order valence-electron chi connectivity index (χ1n) is 9.83. The summed E-state index contributed by atoms with van der Waals surface area (Å²) in [5.41, 5.74) is 1.64. The van der Waals surface area contributed by atoms with Crippen molar-refractivity contribution >= 4 is 40.9 Å². The lowest BCUT2D eigenvalue weighted by Gasteiger charge is -2.10. The fraction of sp³-hybridized carbons (Fsp3) is 0.0800. The Morgan fingerprint density at radius 3 is 2.33 bits per heavy atom. The molecule has 3 aromatic carbocycles. The topological polar surface area (TPSA) is 100 Å². The number of methoxy groups -OCH3 is 1. The molecule has 166 valence electrons. The molecule has 0 aliphatic carbocycles. The van der Waals surface area contributed by atoms with Gasteiger partial charge in [-0.1, -0.05) is 35.9 Å². The van der Waals surface area contributed by atoms with Gasteiger partial charge in [0.2, 0.25) is 0 Å². The van der Waals surface area contributed by atoms with Crippen LogP contribution in [0.4, 0.5) is 11.4 Å². The van der Waals surface area contributed by atoms with Gasteiger partial charge >= 0.3 is 0 Å². The fourth-order valence-electron chi connectivity index (χ4n) is 2.77. The zero-order chi connectivity index (χ0) is 23.6. The van der Waals surface area contributed by atoms with E-state index in [0.29, 0.717) is 28.4 Å². The number of hydrogen-bond acceptors (Lipinski definition) is 5. The minimum atomic E-state index is -0.532. The van der Waals surface area contributed by atoms with Gasteiger partial charge in [0.15, 0.2) is 6.61 Å². The van der Waals surface area contributed by atoms with Crippen LogP contribution in [0.2, 0.25) is 5.02 Å². The quantitative estimate of drug-likeness (QED) is 0.366. The standard InChI is InChI=1S/C25H20ClN3O4/c1-32-21-10-8-20(9-11-21)28-24(30)16-33-23-12-7-17(14-22(23)26)13-18(15-27)25(31)29-19-5-3-2-4-6-19/h2-14H,16H2,1H3,(H,28,30)(H,29,31). The molecule has 0 fully saturated rings. The molecule has 8 heteroatoms. The molecule has 2 N–H and O–H groups in total. The first-order valence-corrected chi connectivity index (χ1v) is 10.2. The number of para-hydroxylation sites is 1. The third-order valence-electron chi connectivity index (χ3n) is 4.40. The van der Waals surface area contributed by atoms with Crippen molar-refractivity contribution in [1.29, 1.82) is 5.26 Å². The molecule has 0 saturated carbocycles. The van der Waals surface area contributed by atoms with Crippen molar-refractivity contribution in [3.05, 3.63) is 89.0 Å². The van der Waals surface area contributed by atoms with Crippen molar-refractivity contribution in [2.45, 2.75) is 0 Å². The molecule has 0 saturated heterocycles. The molecule has 0 aliphatic heterocycles. The number of ether oxygens (including phenoxy) is 2. The number of nitriles is 1. The summed E-state index contributed by atoms with van der Waals surface area (Å²) in [5, 5.41) is 15.0. The Balaban J connectivity index is 1.60. The van der Waals surface area contributed by atoms with Crippen LogP contribution in [0.5, 0.6) is 11.5 Å². The minimum Gasteiger partial charge on any atom is -0.497 e. The molecule has 33 heavy (non-hydrogen) atoms. The van der Waals surface area contributed by atoms with Crippen LogP contribution < -0.4 is 20.1 Å². The van der Waals surface area contributed by atoms with E-state index >= 15 is 0 Å². The van der Waals surface area contributed by atoms with E-state index in [4.69, 9.17) is 21.1 Å². The Morgan fingerprint density at radius 1 is 1.00 bits per heavy atom. The van der Waals surface area contributed by atoms with Crippen LogP contribution in [0.3, 0.4) is 0 Å². The molecule has 0 radical (unpaired) electrons. The summed E-state index contributed by atoms with van der Waals surface area (Å²) in [6, 6.07) is 22.4. The number of halogens is 1. The molecule has 0 bridgehead atoms. The molecule has 2 amide bonds. The molecule has 0 aliphatic rings. The van der Waals surface area contributed by atoms with E-state index in [0.717, 1.165) is 0 Å². The second-order valence-corrected chi connectivity index (χ2v) is 7.15. The van der Waals surface area contributed by atoms with E-state index in [9.17, 15) is 14.9 Å². The van der Waals surface area contributed by atoms with Crippen LogP contribution in [0, 0.1) is 11.3 Å². The smallest absolute Gasteiger partial charge is 0.266 e. The monoisotopic (exact) mass is 461 g/mol. The highest BCUT2D eigenvalue weighted by molar-refractivity contribution is 6.32. The highest BCUT2D eigenvalue weighted by Gasteiger charge is 2.11. The predicted molar refractivity (Wildman–Crippen MR) is 127 cm³/mol. The molecule has 0 spiro atoms. The molecule has 0 heterocycles. The van der Waals surface area contributed by atoms with E-state index < -0.39 is 5.91 Å². The van der Waals surface area contributed by atoms with E-state index in [2.05, 4.69) is 10.6 Å². The Bertz CT molecular complexity index is 1200. The lowest BCUT2D eigenvalue weighted by molar-refractivity contribution is -0.118. The first-order chi connectivity index (χ1) is 16.0. The average Bonchev–Trinajstić information content (AvgIpc) is 2.83. The number of rotatable bonds is 8. The SMILES string of the molecule is COc1ccc(NC(=O)COc2ccc(C=C(C#N)C(=O)Nc3ccccc3)cc2Cl)cc1. The van der Waals surface area contributed by atoms with Crippen LogP contribution in [0.15, 0.2) is 78.4 Å². The minimum absolute atomic E-state index is 0.0811. The molecule has 0 atom stereocenters. The van der Waals surface area contributed by atoms with Crippen molar-refractivity contribution in [2.24, 2.45) is 0 Å². The van der Waals surface area contributed by atoms with Crippen LogP contribution in [-0.2, 0) is 9.59 Å². The van der Waals surface area contributed by atoms with Gasteiger partial charge in [-0.05, 0) is 60.2 Å². The molecule has 3 aromatic rings. The molecular weight excluding hydrogens is 442 g/mol. The van der Waals surface area contributed by atoms with Crippen molar-refractivity contribution in [1.82, 2.24) is 0 Å². The largest absolute Gasteiger partial charge is 0.497 e. The third kappa shape index (κ3) is 6.86. The second kappa shape index (κ2) is 11.4. The van der Waals surface area contributed by atoms with Crippen molar-refractivity contribution in [3.8, 4) is 17.6 Å². The van der Waals surface area contributed by atoms with E-state index in [1.165, 1.54) is 6.08 Å². The Hall–Kier alpha value is -4.28. The van der Waals surface area contributed by atoms with Crippen LogP contribution >= 0.6 is 11.6 Å². The number of anilines is 2. The summed E-state index contributed by atoms with van der Waals surface area (Å²) >= 11 is 6.26. The Morgan fingerprint density at radius 2 is 1.70 bits per heavy atom. The highest BCUT2D eigenvalue weighted by Crippen LogP contribution is 2.26. The number of nitrogens with zero attached hydrogens (tertiary/aromatic N) is 1. The van der Waals surface area contributed by atoms with Gasteiger partial charge in [0, 0.05) is 11.4 Å². The summed E-state index contributed by atoms with van der Waals surface area (Å²) in [4.78, 5) is 24.5. The fourth-order valence-corrected chi connectivity index (χ4v) is 3.02. The normalized spacial score (nSPS) is 10.6. The summed E-state index contributed by atoms with van der Waals surface area (Å²) in [7, 11) is 1.56. The zero-order valence-corrected chi connectivity index (χ0v) is 18.4. The van der Waals surface area contributed by atoms with Gasteiger partial charge in [-0.25, -0.2) is 0 Å². The van der Waals surface area contributed by atoms with E-state index in [1.807, 2.05) is 12.1 Å². The number of carbonyl (C=O) groups is 2. The molecular formula is C25H20ClN3O4. The maximum atomic E-state index is 12.4. The average molecular weight is 462 g/mol. The van der Waals surface area contributed by atoms with Gasteiger partial charge in [0.05, 0.1) is 12.1 Å². The lowest BCUT2D eigenvalue weighted by atomic mass is 10.1. The molecule has 0 unspecified atom stereocenters. The van der Waals surface area contributed by atoms with Crippen molar-refractivity contribution < 1.29 is 19.1 Å². The van der Waals surface area contributed by atoms with Gasteiger partial charge in [-0.3, -0.25) is 9.59 Å². The predicted octanol–water partition coefficient (Wildman–Crippen LogP) is 4.91. The second-order valence-electron chi connectivity index (χ2n) is 6.75. The number of amides is 2. The molecule has 3 rings (SSSR count). The zero-order valence-electron chi connectivity index (χ0n) is 17.7. The summed E-state index contributed by atoms with van der Waals surface area (Å²) in [6.07, 6.45) is 1.42. The maximum absolute atomic E-state index is 12.4. The Kier molecular flexibility index (Phi) is 8.06. The van der Waals surface area contributed by atoms with Crippen LogP contribution in [0.1, 0.15) is 5.56 Å². The number of nitrogens with one attached hydrogen (secondary N) is 2. The summed E-state index contributed by atoms with van der Waals surface area (Å²) < 4.78 is 10.6. The number of benzene rings is 3.